The molecule has 2 aromatic heterocycles. The fourth-order valence-electron chi connectivity index (χ4n) is 4.71. The molecule has 0 spiro atoms. The second kappa shape index (κ2) is 19.6. The summed E-state index contributed by atoms with van der Waals surface area (Å²) in [6.45, 7) is 7.31. The van der Waals surface area contributed by atoms with Gasteiger partial charge in [0.2, 0.25) is 23.7 Å². The van der Waals surface area contributed by atoms with Crippen molar-refractivity contribution in [3.8, 4) is 0 Å². The molecule has 4 amide bonds. The van der Waals surface area contributed by atoms with Crippen molar-refractivity contribution in [2.75, 3.05) is 17.7 Å². The third-order valence-corrected chi connectivity index (χ3v) is 7.61. The summed E-state index contributed by atoms with van der Waals surface area (Å²) in [7, 11) is 1.83. The van der Waals surface area contributed by atoms with E-state index in [0.717, 1.165) is 5.69 Å². The number of nitrogens with one attached hydrogen (secondary N) is 5. The SMILES string of the molecule is CC[C@@H]([C-]=O)NC(=O)[C@H](CC)NC(=O)[C@H](CC)NC(=O)CC[C@@H](C)NC(=O)c1ccc(N(C)Cc2cnc3nc(N)[nH]c(=O)c3n2)cc1.[Y]. The number of benzene rings is 1. The van der Waals surface area contributed by atoms with Crippen LogP contribution in [0.3, 0.4) is 0 Å². The maximum Gasteiger partial charge on any atom is 0.280 e. The van der Waals surface area contributed by atoms with E-state index in [1.54, 1.807) is 58.2 Å². The molecule has 3 aromatic rings. The van der Waals surface area contributed by atoms with Crippen molar-refractivity contribution in [2.45, 2.75) is 90.5 Å². The first-order valence-corrected chi connectivity index (χ1v) is 15.8. The number of anilines is 2. The van der Waals surface area contributed by atoms with Crippen LogP contribution in [0.1, 0.15) is 75.9 Å². The van der Waals surface area contributed by atoms with Crippen LogP contribution in [-0.4, -0.2) is 81.1 Å². The van der Waals surface area contributed by atoms with E-state index in [-0.39, 0.29) is 74.1 Å². The number of fused-ring (bicyclic) bond motifs is 1. The van der Waals surface area contributed by atoms with Gasteiger partial charge in [-0.25, -0.2) is 16.3 Å². The maximum atomic E-state index is 12.9. The van der Waals surface area contributed by atoms with Gasteiger partial charge in [-0.3, -0.25) is 29.0 Å². The predicted molar refractivity (Wildman–Crippen MR) is 179 cm³/mol. The number of nitrogens with two attached hydrogens (primary N) is 1. The van der Waals surface area contributed by atoms with Gasteiger partial charge in [0.1, 0.15) is 12.1 Å². The first kappa shape index (κ1) is 40.9. The third-order valence-electron chi connectivity index (χ3n) is 7.61. The fourth-order valence-corrected chi connectivity index (χ4v) is 4.71. The molecule has 1 radical (unpaired) electrons. The molecule has 16 nitrogen and oxygen atoms in total. The molecule has 0 aliphatic rings. The minimum absolute atomic E-state index is 0. The molecule has 0 unspecified atom stereocenters. The van der Waals surface area contributed by atoms with Crippen LogP contribution in [0.5, 0.6) is 0 Å². The number of hydrogen-bond acceptors (Lipinski definition) is 11. The van der Waals surface area contributed by atoms with Crippen LogP contribution < -0.4 is 37.5 Å². The van der Waals surface area contributed by atoms with E-state index in [9.17, 15) is 28.8 Å². The second-order valence-corrected chi connectivity index (χ2v) is 11.4. The van der Waals surface area contributed by atoms with E-state index < -0.39 is 35.5 Å². The molecular weight excluding hydrogens is 709 g/mol. The molecule has 0 bridgehead atoms. The monoisotopic (exact) mass is 752 g/mol. The van der Waals surface area contributed by atoms with Crippen molar-refractivity contribution >= 4 is 52.7 Å². The summed E-state index contributed by atoms with van der Waals surface area (Å²) in [6.07, 6.45) is 4.63. The Morgan fingerprint density at radius 3 is 2.18 bits per heavy atom. The molecule has 4 atom stereocenters. The number of rotatable bonds is 17. The summed E-state index contributed by atoms with van der Waals surface area (Å²) in [4.78, 5) is 90.7. The van der Waals surface area contributed by atoms with Crippen LogP contribution in [0.2, 0.25) is 0 Å². The molecule has 1 aromatic carbocycles. The number of H-pyrrole nitrogens is 1. The van der Waals surface area contributed by atoms with Gasteiger partial charge in [-0.15, -0.1) is 0 Å². The summed E-state index contributed by atoms with van der Waals surface area (Å²) >= 11 is 0. The van der Waals surface area contributed by atoms with Crippen LogP contribution in [0, 0.1) is 0 Å². The first-order valence-electron chi connectivity index (χ1n) is 15.8. The molecule has 3 rings (SSSR count). The third kappa shape index (κ3) is 12.0. The summed E-state index contributed by atoms with van der Waals surface area (Å²) in [6, 6.07) is 4.10. The van der Waals surface area contributed by atoms with Crippen molar-refractivity contribution in [3.63, 3.8) is 0 Å². The number of aromatic nitrogens is 4. The standard InChI is InChI=1S/C32H43N10O6.Y/c1-6-20(17-43)37-29(46)24(8-3)39-30(47)23(7-2)38-25(44)14-9-18(4)35-28(45)19-10-12-22(13-11-19)42(5)16-21-15-34-27-26(36-21)31(48)41-32(33)40-27;/h10-13,15,18,20,23-24H,6-9,14,16H2,1-5H3,(H,35,45)(H,37,46)(H,38,44)(H,39,47)(H3,33,34,40,41,48);/q-1;/t18-,20+,23+,24+;/m1./s1. The fraction of sp³-hybridized carbons (Fsp3) is 0.469. The number of carbonyl (C=O) groups is 4. The van der Waals surface area contributed by atoms with E-state index in [1.165, 1.54) is 6.20 Å². The number of aromatic amines is 1. The van der Waals surface area contributed by atoms with Crippen molar-refractivity contribution in [3.05, 3.63) is 52.1 Å². The minimum Gasteiger partial charge on any atom is -0.540 e. The summed E-state index contributed by atoms with van der Waals surface area (Å²) in [5, 5.41) is 10.7. The van der Waals surface area contributed by atoms with Crippen LogP contribution in [0.25, 0.3) is 11.2 Å². The largest absolute Gasteiger partial charge is 0.540 e. The smallest absolute Gasteiger partial charge is 0.280 e. The Bertz CT molecular complexity index is 1670. The molecule has 261 valence electrons. The summed E-state index contributed by atoms with van der Waals surface area (Å²) < 4.78 is 0. The van der Waals surface area contributed by atoms with Gasteiger partial charge in [-0.2, -0.15) is 4.98 Å². The number of carbonyl (C=O) groups excluding carboxylic acids is 5. The molecule has 49 heavy (non-hydrogen) atoms. The van der Waals surface area contributed by atoms with Crippen molar-refractivity contribution in [1.29, 1.82) is 0 Å². The van der Waals surface area contributed by atoms with Gasteiger partial charge < -0.3 is 36.7 Å². The van der Waals surface area contributed by atoms with E-state index >= 15 is 0 Å². The topological polar surface area (TPSA) is 234 Å². The number of hydrogen-bond donors (Lipinski definition) is 6. The molecule has 17 heteroatoms. The zero-order chi connectivity index (χ0) is 35.4. The van der Waals surface area contributed by atoms with Crippen LogP contribution in [0.15, 0.2) is 35.3 Å². The van der Waals surface area contributed by atoms with Gasteiger partial charge in [0.05, 0.1) is 18.4 Å². The number of nitrogens with zero attached hydrogens (tertiary/aromatic N) is 4. The van der Waals surface area contributed by atoms with Crippen LogP contribution in [0.4, 0.5) is 11.6 Å². The Labute approximate surface area is 309 Å². The summed E-state index contributed by atoms with van der Waals surface area (Å²) in [5.41, 5.74) is 7.10. The zero-order valence-electron chi connectivity index (χ0n) is 28.3. The van der Waals surface area contributed by atoms with E-state index in [0.29, 0.717) is 43.5 Å². The summed E-state index contributed by atoms with van der Waals surface area (Å²) in [5.74, 6) is -1.71. The van der Waals surface area contributed by atoms with E-state index in [1.807, 2.05) is 11.9 Å². The molecule has 0 saturated carbocycles. The maximum absolute atomic E-state index is 12.9. The second-order valence-electron chi connectivity index (χ2n) is 11.4. The molecule has 7 N–H and O–H groups in total. The minimum atomic E-state index is -0.861. The molecule has 0 aliphatic heterocycles. The van der Waals surface area contributed by atoms with Gasteiger partial charge in [0, 0.05) is 63.5 Å². The number of amides is 4. The van der Waals surface area contributed by atoms with E-state index in [2.05, 4.69) is 41.2 Å². The van der Waals surface area contributed by atoms with Gasteiger partial charge in [-0.1, -0.05) is 33.2 Å². The molecule has 2 heterocycles. The average molecular weight is 753 g/mol. The predicted octanol–water partition coefficient (Wildman–Crippen LogP) is 0.622. The Morgan fingerprint density at radius 1 is 0.939 bits per heavy atom. The molecule has 0 aliphatic carbocycles. The molecule has 0 saturated heterocycles. The normalized spacial score (nSPS) is 13.2. The Kier molecular flexibility index (Phi) is 16.4. The van der Waals surface area contributed by atoms with Gasteiger partial charge in [0.15, 0.2) is 11.2 Å². The van der Waals surface area contributed by atoms with Gasteiger partial charge in [0.25, 0.3) is 11.5 Å². The van der Waals surface area contributed by atoms with Crippen molar-refractivity contribution < 1.29 is 56.7 Å². The van der Waals surface area contributed by atoms with Crippen molar-refractivity contribution in [1.82, 2.24) is 41.2 Å². The van der Waals surface area contributed by atoms with Gasteiger partial charge >= 0.3 is 0 Å². The van der Waals surface area contributed by atoms with Gasteiger partial charge in [-0.05, 0) is 50.5 Å². The van der Waals surface area contributed by atoms with Crippen LogP contribution in [-0.2, 0) is 58.4 Å². The first-order chi connectivity index (χ1) is 22.9. The van der Waals surface area contributed by atoms with E-state index in [4.69, 9.17) is 5.73 Å². The Morgan fingerprint density at radius 2 is 1.57 bits per heavy atom. The Hall–Kier alpha value is -4.31. The Balaban J connectivity index is 0.00000833. The van der Waals surface area contributed by atoms with Crippen molar-refractivity contribution in [2.24, 2.45) is 0 Å². The average Bonchev–Trinajstić information content (AvgIpc) is 3.07. The quantitative estimate of drug-likeness (QED) is 0.105. The molecular formula is C32H43N10O6Y-. The molecule has 0 fully saturated rings. The number of nitrogen functional groups attached to an aromatic ring is 1. The van der Waals surface area contributed by atoms with Crippen LogP contribution >= 0.6 is 0 Å². The zero-order valence-corrected chi connectivity index (χ0v) is 31.2.